The molecule has 4 heterocycles. The molecule has 0 aliphatic rings. The van der Waals surface area contributed by atoms with Crippen molar-refractivity contribution in [1.29, 1.82) is 0 Å². The molecule has 0 bridgehead atoms. The molecular formula is C33H23N2OTe+. The Morgan fingerprint density at radius 1 is 0.703 bits per heavy atom. The van der Waals surface area contributed by atoms with Crippen LogP contribution in [0, 0.1) is 6.92 Å². The molecule has 37 heavy (non-hydrogen) atoms. The van der Waals surface area contributed by atoms with Crippen LogP contribution in [0.1, 0.15) is 5.56 Å². The number of pyridine rings is 1. The van der Waals surface area contributed by atoms with Gasteiger partial charge in [0, 0.05) is 0 Å². The molecule has 8 rings (SSSR count). The fourth-order valence-electron chi connectivity index (χ4n) is 5.87. The Balaban J connectivity index is 1.42. The summed E-state index contributed by atoms with van der Waals surface area (Å²) in [7, 11) is 2.14. The summed E-state index contributed by atoms with van der Waals surface area (Å²) in [5.74, 6) is 0. The van der Waals surface area contributed by atoms with E-state index in [4.69, 9.17) is 4.42 Å². The second-order valence-corrected chi connectivity index (χ2v) is 12.7. The Hall–Kier alpha value is -3.84. The minimum absolute atomic E-state index is 0.484. The maximum absolute atomic E-state index is 6.63. The van der Waals surface area contributed by atoms with E-state index in [9.17, 15) is 0 Å². The SMILES string of the molecule is Cc1c(-c2c3oc4ccc(-n5c6ccccc6c6ccccc65)cc4c3cc[n+]2C)[te]c2ccccc12. The van der Waals surface area contributed by atoms with Gasteiger partial charge in [0.1, 0.15) is 0 Å². The van der Waals surface area contributed by atoms with Crippen molar-refractivity contribution in [3.05, 3.63) is 109 Å². The number of benzene rings is 4. The number of hydrogen-bond acceptors (Lipinski definition) is 1. The van der Waals surface area contributed by atoms with E-state index in [2.05, 4.69) is 126 Å². The van der Waals surface area contributed by atoms with E-state index in [1.54, 1.807) is 0 Å². The Labute approximate surface area is 223 Å². The molecule has 0 aliphatic carbocycles. The second kappa shape index (κ2) is 7.83. The molecule has 176 valence electrons. The first-order chi connectivity index (χ1) is 18.2. The summed E-state index contributed by atoms with van der Waals surface area (Å²) in [4.78, 5) is 0. The molecule has 0 radical (unpaired) electrons. The molecule has 0 spiro atoms. The normalized spacial score (nSPS) is 12.1. The number of nitrogens with zero attached hydrogens (tertiary/aromatic N) is 2. The zero-order valence-corrected chi connectivity index (χ0v) is 22.9. The van der Waals surface area contributed by atoms with Gasteiger partial charge in [0.2, 0.25) is 0 Å². The summed E-state index contributed by atoms with van der Waals surface area (Å²) in [6.45, 7) is 2.27. The molecule has 4 heteroatoms. The molecule has 0 fully saturated rings. The Morgan fingerprint density at radius 3 is 2.11 bits per heavy atom. The van der Waals surface area contributed by atoms with Gasteiger partial charge >= 0.3 is 224 Å². The summed E-state index contributed by atoms with van der Waals surface area (Å²) >= 11 is -0.484. The molecule has 0 atom stereocenters. The van der Waals surface area contributed by atoms with E-state index >= 15 is 0 Å². The van der Waals surface area contributed by atoms with E-state index in [-0.39, 0.29) is 0 Å². The Morgan fingerprint density at radius 2 is 1.38 bits per heavy atom. The second-order valence-electron chi connectivity index (χ2n) is 9.72. The van der Waals surface area contributed by atoms with E-state index in [0.29, 0.717) is 0 Å². The Kier molecular flexibility index (Phi) is 4.50. The minimum atomic E-state index is -0.484. The number of aromatic nitrogens is 2. The van der Waals surface area contributed by atoms with Crippen LogP contribution in [0.25, 0.3) is 67.5 Å². The zero-order valence-electron chi connectivity index (χ0n) is 20.5. The van der Waals surface area contributed by atoms with E-state index in [0.717, 1.165) is 22.2 Å². The predicted molar refractivity (Wildman–Crippen MR) is 154 cm³/mol. The Bertz CT molecular complexity index is 2120. The van der Waals surface area contributed by atoms with Crippen molar-refractivity contribution in [2.24, 2.45) is 7.05 Å². The molecule has 0 unspecified atom stereocenters. The van der Waals surface area contributed by atoms with Crippen LogP contribution < -0.4 is 4.57 Å². The van der Waals surface area contributed by atoms with Crippen LogP contribution in [-0.2, 0) is 7.05 Å². The number of hydrogen-bond donors (Lipinski definition) is 0. The molecule has 0 saturated heterocycles. The van der Waals surface area contributed by atoms with Gasteiger partial charge in [-0.1, -0.05) is 0 Å². The zero-order chi connectivity index (χ0) is 24.7. The first-order valence-electron chi connectivity index (χ1n) is 12.5. The number of rotatable bonds is 2. The van der Waals surface area contributed by atoms with Crippen molar-refractivity contribution < 1.29 is 8.98 Å². The number of aryl methyl sites for hydroxylation is 2. The van der Waals surface area contributed by atoms with Gasteiger partial charge in [-0.3, -0.25) is 0 Å². The van der Waals surface area contributed by atoms with Crippen LogP contribution in [0.2, 0.25) is 0 Å². The van der Waals surface area contributed by atoms with Crippen LogP contribution in [-0.4, -0.2) is 25.0 Å². The average Bonchev–Trinajstić information content (AvgIpc) is 3.58. The van der Waals surface area contributed by atoms with Crippen molar-refractivity contribution >= 4 is 73.0 Å². The van der Waals surface area contributed by atoms with Gasteiger partial charge in [-0.05, 0) is 0 Å². The van der Waals surface area contributed by atoms with Gasteiger partial charge in [0.25, 0.3) is 0 Å². The van der Waals surface area contributed by atoms with Crippen molar-refractivity contribution in [3.8, 4) is 15.0 Å². The monoisotopic (exact) mass is 593 g/mol. The van der Waals surface area contributed by atoms with Crippen LogP contribution in [0.5, 0.6) is 0 Å². The molecule has 0 saturated carbocycles. The van der Waals surface area contributed by atoms with Crippen molar-refractivity contribution in [2.45, 2.75) is 6.92 Å². The maximum atomic E-state index is 6.63. The molecule has 4 aromatic heterocycles. The fourth-order valence-corrected chi connectivity index (χ4v) is 9.56. The van der Waals surface area contributed by atoms with Crippen LogP contribution >= 0.6 is 0 Å². The van der Waals surface area contributed by atoms with Crippen molar-refractivity contribution in [3.63, 3.8) is 0 Å². The molecule has 0 amide bonds. The van der Waals surface area contributed by atoms with E-state index < -0.39 is 20.4 Å². The first kappa shape index (κ1) is 21.3. The molecule has 0 aliphatic heterocycles. The number of fused-ring (bicyclic) bond motifs is 7. The summed E-state index contributed by atoms with van der Waals surface area (Å²) in [5, 5.41) is 6.29. The summed E-state index contributed by atoms with van der Waals surface area (Å²) in [6.07, 6.45) is 2.19. The van der Waals surface area contributed by atoms with E-state index in [1.165, 1.54) is 50.8 Å². The molecule has 3 nitrogen and oxygen atoms in total. The predicted octanol–water partition coefficient (Wildman–Crippen LogP) is 7.69. The molecular weight excluding hydrogens is 568 g/mol. The van der Waals surface area contributed by atoms with Gasteiger partial charge in [0.05, 0.1) is 0 Å². The van der Waals surface area contributed by atoms with E-state index in [1.807, 2.05) is 0 Å². The van der Waals surface area contributed by atoms with Gasteiger partial charge in [-0.2, -0.15) is 0 Å². The number of furan rings is 1. The third kappa shape index (κ3) is 2.98. The fraction of sp³-hybridized carbons (Fsp3) is 0.0606. The molecule has 0 N–H and O–H groups in total. The summed E-state index contributed by atoms with van der Waals surface area (Å²) < 4.78 is 14.2. The van der Waals surface area contributed by atoms with Crippen molar-refractivity contribution in [2.75, 3.05) is 0 Å². The van der Waals surface area contributed by atoms with Gasteiger partial charge in [-0.25, -0.2) is 0 Å². The summed E-state index contributed by atoms with van der Waals surface area (Å²) in [5.41, 5.74) is 8.14. The standard InChI is InChI=1S/C33H23N2OTe/c1-20-22-9-5-8-14-30(22)37-33(20)31-32-25(17-18-34(31)2)26-19-21(15-16-29(26)36-32)35-27-12-6-3-10-23(27)24-11-4-7-13-28(24)35/h3-19H,1-2H3/q+1. The van der Waals surface area contributed by atoms with Crippen LogP contribution in [0.3, 0.4) is 0 Å². The summed E-state index contributed by atoms with van der Waals surface area (Å²) in [6, 6.07) is 35.0. The quantitative estimate of drug-likeness (QED) is 0.149. The number of para-hydroxylation sites is 2. The third-order valence-electron chi connectivity index (χ3n) is 7.64. The topological polar surface area (TPSA) is 21.9 Å². The first-order valence-corrected chi connectivity index (χ1v) is 14.8. The third-order valence-corrected chi connectivity index (χ3v) is 11.3. The van der Waals surface area contributed by atoms with Crippen LogP contribution in [0.15, 0.2) is 108 Å². The molecule has 4 aromatic carbocycles. The molecule has 8 aromatic rings. The average molecular weight is 591 g/mol. The van der Waals surface area contributed by atoms with Crippen LogP contribution in [0.4, 0.5) is 0 Å². The van der Waals surface area contributed by atoms with Gasteiger partial charge in [-0.15, -0.1) is 0 Å². The van der Waals surface area contributed by atoms with Gasteiger partial charge < -0.3 is 0 Å². The van der Waals surface area contributed by atoms with Crippen molar-refractivity contribution in [1.82, 2.24) is 4.57 Å². The van der Waals surface area contributed by atoms with Gasteiger partial charge in [0.15, 0.2) is 0 Å².